The number of hydrogen-bond donors (Lipinski definition) is 1. The van der Waals surface area contributed by atoms with Gasteiger partial charge in [0.1, 0.15) is 12.4 Å². The van der Waals surface area contributed by atoms with Gasteiger partial charge in [0, 0.05) is 38.1 Å². The number of benzene rings is 2. The zero-order valence-electron chi connectivity index (χ0n) is 18.4. The molecule has 0 aromatic heterocycles. The molecule has 1 amide bonds. The average molecular weight is 466 g/mol. The van der Waals surface area contributed by atoms with Crippen LogP contribution >= 0.6 is 24.8 Å². The maximum Gasteiger partial charge on any atom is 0.257 e. The number of rotatable bonds is 5. The molecule has 0 spiro atoms. The van der Waals surface area contributed by atoms with E-state index in [1.807, 2.05) is 30.0 Å². The van der Waals surface area contributed by atoms with Crippen molar-refractivity contribution in [1.82, 2.24) is 9.80 Å². The van der Waals surface area contributed by atoms with Crippen molar-refractivity contribution < 1.29 is 9.53 Å². The van der Waals surface area contributed by atoms with Gasteiger partial charge in [-0.05, 0) is 50.1 Å². The van der Waals surface area contributed by atoms with Gasteiger partial charge in [-0.3, -0.25) is 9.69 Å². The molecule has 2 fully saturated rings. The molecule has 7 heteroatoms. The molecule has 4 rings (SSSR count). The number of nitrogens with two attached hydrogens (primary N) is 1. The van der Waals surface area contributed by atoms with Crippen LogP contribution in [0.15, 0.2) is 42.5 Å². The molecule has 2 aromatic carbocycles. The Kier molecular flexibility index (Phi) is 8.78. The first kappa shape index (κ1) is 25.5. The Bertz CT molecular complexity index is 908. The molecule has 170 valence electrons. The first-order valence-electron chi connectivity index (χ1n) is 10.5. The zero-order valence-corrected chi connectivity index (χ0v) is 20.0. The fraction of sp³-hybridized carbons (Fsp3) is 0.458. The van der Waals surface area contributed by atoms with E-state index in [-0.39, 0.29) is 30.7 Å². The van der Waals surface area contributed by atoms with Gasteiger partial charge in [-0.1, -0.05) is 35.9 Å². The van der Waals surface area contributed by atoms with E-state index in [1.165, 1.54) is 11.1 Å². The second-order valence-corrected chi connectivity index (χ2v) is 8.51. The van der Waals surface area contributed by atoms with Crippen LogP contribution < -0.4 is 10.5 Å². The van der Waals surface area contributed by atoms with Crippen LogP contribution in [0.4, 0.5) is 0 Å². The van der Waals surface area contributed by atoms with Crippen LogP contribution in [0.1, 0.15) is 33.1 Å². The Morgan fingerprint density at radius 1 is 1.10 bits per heavy atom. The molecule has 2 aromatic rings. The van der Waals surface area contributed by atoms with Crippen LogP contribution in [0, 0.1) is 25.7 Å². The fourth-order valence-electron chi connectivity index (χ4n) is 5.09. The van der Waals surface area contributed by atoms with Crippen LogP contribution in [0.25, 0.3) is 0 Å². The standard InChI is InChI=1S/C24H31N3O2.2ClH/c1-16-8-9-22(29-11-10-25)20(12-16)24(28)27-14-18-13-26(3)23(21(18)15-27)19-7-5-4-6-17(19)2;;/h4-9,12,18,21,23H,10-11,13-15,25H2,1-3H3;2*1H/t18-,21+,23+;;/m0../s1. The molecule has 0 radical (unpaired) electrons. The normalized spacial score (nSPS) is 22.5. The van der Waals surface area contributed by atoms with Gasteiger partial charge in [-0.15, -0.1) is 24.8 Å². The summed E-state index contributed by atoms with van der Waals surface area (Å²) >= 11 is 0. The molecule has 2 N–H and O–H groups in total. The number of aryl methyl sites for hydroxylation is 2. The minimum atomic E-state index is 0. The average Bonchev–Trinajstić information content (AvgIpc) is 3.24. The predicted octanol–water partition coefficient (Wildman–Crippen LogP) is 3.86. The Labute approximate surface area is 197 Å². The summed E-state index contributed by atoms with van der Waals surface area (Å²) in [6, 6.07) is 14.8. The maximum absolute atomic E-state index is 13.4. The summed E-state index contributed by atoms with van der Waals surface area (Å²) in [7, 11) is 2.21. The number of carbonyl (C=O) groups is 1. The Morgan fingerprint density at radius 2 is 1.84 bits per heavy atom. The lowest BCUT2D eigenvalue weighted by atomic mass is 9.88. The Hall–Kier alpha value is -1.79. The number of likely N-dealkylation sites (tertiary alicyclic amines) is 2. The summed E-state index contributed by atoms with van der Waals surface area (Å²) in [5, 5.41) is 0. The molecule has 5 nitrogen and oxygen atoms in total. The number of amides is 1. The summed E-state index contributed by atoms with van der Waals surface area (Å²) in [5.41, 5.74) is 10.0. The molecule has 31 heavy (non-hydrogen) atoms. The van der Waals surface area contributed by atoms with Gasteiger partial charge < -0.3 is 15.4 Å². The van der Waals surface area contributed by atoms with Gasteiger partial charge in [0.15, 0.2) is 0 Å². The number of halogens is 2. The first-order chi connectivity index (χ1) is 14.0. The van der Waals surface area contributed by atoms with Gasteiger partial charge in [0.25, 0.3) is 5.91 Å². The Morgan fingerprint density at radius 3 is 2.55 bits per heavy atom. The molecular weight excluding hydrogens is 433 g/mol. The monoisotopic (exact) mass is 465 g/mol. The number of fused-ring (bicyclic) bond motifs is 1. The molecule has 2 saturated heterocycles. The highest BCUT2D eigenvalue weighted by Gasteiger charge is 2.47. The summed E-state index contributed by atoms with van der Waals surface area (Å²) in [4.78, 5) is 17.9. The topological polar surface area (TPSA) is 58.8 Å². The molecule has 3 atom stereocenters. The van der Waals surface area contributed by atoms with Crippen molar-refractivity contribution in [2.45, 2.75) is 19.9 Å². The van der Waals surface area contributed by atoms with Crippen LogP contribution in [-0.4, -0.2) is 55.5 Å². The highest BCUT2D eigenvalue weighted by molar-refractivity contribution is 5.97. The highest BCUT2D eigenvalue weighted by Crippen LogP contribution is 2.45. The minimum absolute atomic E-state index is 0. The van der Waals surface area contributed by atoms with E-state index in [4.69, 9.17) is 10.5 Å². The molecule has 0 aliphatic carbocycles. The van der Waals surface area contributed by atoms with E-state index in [2.05, 4.69) is 43.1 Å². The van der Waals surface area contributed by atoms with Crippen molar-refractivity contribution in [3.63, 3.8) is 0 Å². The van der Waals surface area contributed by atoms with Crippen LogP contribution in [0.3, 0.4) is 0 Å². The smallest absolute Gasteiger partial charge is 0.257 e. The van der Waals surface area contributed by atoms with E-state index in [9.17, 15) is 4.79 Å². The third-order valence-electron chi connectivity index (χ3n) is 6.43. The summed E-state index contributed by atoms with van der Waals surface area (Å²) in [6.45, 7) is 7.65. The second-order valence-electron chi connectivity index (χ2n) is 8.51. The van der Waals surface area contributed by atoms with Crippen molar-refractivity contribution in [3.8, 4) is 5.75 Å². The van der Waals surface area contributed by atoms with Crippen molar-refractivity contribution in [2.75, 3.05) is 39.8 Å². The number of hydrogen-bond acceptors (Lipinski definition) is 4. The molecule has 0 saturated carbocycles. The maximum atomic E-state index is 13.4. The van der Waals surface area contributed by atoms with E-state index in [1.54, 1.807) is 0 Å². The number of carbonyl (C=O) groups excluding carboxylic acids is 1. The molecular formula is C24H33Cl2N3O2. The summed E-state index contributed by atoms with van der Waals surface area (Å²) in [6.07, 6.45) is 0. The summed E-state index contributed by atoms with van der Waals surface area (Å²) < 4.78 is 5.76. The SMILES string of the molecule is Cc1ccc(OCCN)c(C(=O)N2C[C@@H]3CN(C)[C@H](c4ccccc4C)[C@@H]3C2)c1.Cl.Cl. The highest BCUT2D eigenvalue weighted by atomic mass is 35.5. The molecule has 0 unspecified atom stereocenters. The lowest BCUT2D eigenvalue weighted by Crippen LogP contribution is -2.34. The van der Waals surface area contributed by atoms with Crippen LogP contribution in [0.2, 0.25) is 0 Å². The third kappa shape index (κ3) is 5.01. The molecule has 2 heterocycles. The molecule has 2 aliphatic rings. The lowest BCUT2D eigenvalue weighted by Gasteiger charge is -2.28. The largest absolute Gasteiger partial charge is 0.491 e. The quantitative estimate of drug-likeness (QED) is 0.727. The minimum Gasteiger partial charge on any atom is -0.491 e. The van der Waals surface area contributed by atoms with Crippen molar-refractivity contribution in [1.29, 1.82) is 0 Å². The van der Waals surface area contributed by atoms with Crippen LogP contribution in [-0.2, 0) is 0 Å². The first-order valence-corrected chi connectivity index (χ1v) is 10.5. The summed E-state index contributed by atoms with van der Waals surface area (Å²) in [5.74, 6) is 1.67. The molecule has 2 aliphatic heterocycles. The third-order valence-corrected chi connectivity index (χ3v) is 6.43. The zero-order chi connectivity index (χ0) is 20.5. The Balaban J connectivity index is 0.00000171. The van der Waals surface area contributed by atoms with Crippen molar-refractivity contribution in [2.24, 2.45) is 17.6 Å². The van der Waals surface area contributed by atoms with Crippen molar-refractivity contribution >= 4 is 30.7 Å². The van der Waals surface area contributed by atoms with E-state index >= 15 is 0 Å². The second kappa shape index (κ2) is 10.7. The number of ether oxygens (including phenoxy) is 1. The van der Waals surface area contributed by atoms with Gasteiger partial charge >= 0.3 is 0 Å². The fourth-order valence-corrected chi connectivity index (χ4v) is 5.09. The molecule has 0 bridgehead atoms. The van der Waals surface area contributed by atoms with E-state index in [0.29, 0.717) is 42.3 Å². The van der Waals surface area contributed by atoms with Gasteiger partial charge in [-0.2, -0.15) is 0 Å². The van der Waals surface area contributed by atoms with Gasteiger partial charge in [0.05, 0.1) is 5.56 Å². The van der Waals surface area contributed by atoms with Gasteiger partial charge in [-0.25, -0.2) is 0 Å². The van der Waals surface area contributed by atoms with E-state index in [0.717, 1.165) is 25.2 Å². The number of nitrogens with zero attached hydrogens (tertiary/aromatic N) is 2. The van der Waals surface area contributed by atoms with Crippen LogP contribution in [0.5, 0.6) is 5.75 Å². The predicted molar refractivity (Wildman–Crippen MR) is 130 cm³/mol. The van der Waals surface area contributed by atoms with E-state index < -0.39 is 0 Å². The van der Waals surface area contributed by atoms with Crippen molar-refractivity contribution in [3.05, 3.63) is 64.7 Å². The lowest BCUT2D eigenvalue weighted by molar-refractivity contribution is 0.0763. The van der Waals surface area contributed by atoms with Gasteiger partial charge in [0.2, 0.25) is 0 Å².